The van der Waals surface area contributed by atoms with Gasteiger partial charge in [-0.1, -0.05) is 30.5 Å². The fourth-order valence-electron chi connectivity index (χ4n) is 3.50. The van der Waals surface area contributed by atoms with E-state index in [0.29, 0.717) is 12.8 Å². The van der Waals surface area contributed by atoms with Crippen LogP contribution < -0.4 is 0 Å². The largest absolute Gasteiger partial charge is 0.439 e. The lowest BCUT2D eigenvalue weighted by atomic mass is 9.87. The Morgan fingerprint density at radius 2 is 2.08 bits per heavy atom. The Kier molecular flexibility index (Phi) is 4.15. The molecule has 0 radical (unpaired) electrons. The van der Waals surface area contributed by atoms with Gasteiger partial charge in [0.25, 0.3) is 11.6 Å². The number of alkyl halides is 3. The molecule has 130 valence electrons. The Bertz CT molecular complexity index is 687. The number of carbonyl (C=O) groups excluding carboxylic acids is 1. The predicted octanol–water partition coefficient (Wildman–Crippen LogP) is 3.64. The smallest absolute Gasteiger partial charge is 0.362 e. The molecular weight excluding hydrogens is 321 g/mol. The summed E-state index contributed by atoms with van der Waals surface area (Å²) in [6.45, 7) is 1.74. The molecule has 7 heteroatoms. The molecule has 2 aliphatic rings. The second-order valence-electron chi connectivity index (χ2n) is 6.45. The van der Waals surface area contributed by atoms with Crippen LogP contribution in [0.2, 0.25) is 0 Å². The van der Waals surface area contributed by atoms with Gasteiger partial charge in [0.15, 0.2) is 0 Å². The van der Waals surface area contributed by atoms with Crippen molar-refractivity contribution in [2.75, 3.05) is 0 Å². The van der Waals surface area contributed by atoms with Gasteiger partial charge >= 0.3 is 6.18 Å². The maximum atomic E-state index is 13.7. The van der Waals surface area contributed by atoms with E-state index in [1.54, 1.807) is 19.1 Å². The maximum Gasteiger partial charge on any atom is 0.439 e. The molecule has 1 aliphatic carbocycles. The lowest BCUT2D eigenvalue weighted by molar-refractivity contribution is -0.312. The fraction of sp³-hybridized carbons (Fsp3) is 0.529. The Hall–Kier alpha value is -1.89. The number of hydrogen-bond donors (Lipinski definition) is 1. The molecule has 1 heterocycles. The van der Waals surface area contributed by atoms with Crippen molar-refractivity contribution in [2.45, 2.75) is 50.9 Å². The van der Waals surface area contributed by atoms with Gasteiger partial charge in [0.05, 0.1) is 5.92 Å². The number of fused-ring (bicyclic) bond motifs is 1. The minimum absolute atomic E-state index is 0.0819. The summed E-state index contributed by atoms with van der Waals surface area (Å²) in [6.07, 6.45) is -2.33. The molecule has 1 N–H and O–H groups in total. The molecular formula is C17H19F3N2O2. The molecule has 24 heavy (non-hydrogen) atoms. The first-order valence-corrected chi connectivity index (χ1v) is 8.03. The van der Waals surface area contributed by atoms with E-state index in [4.69, 9.17) is 0 Å². The topological polar surface area (TPSA) is 52.9 Å². The molecule has 0 aromatic heterocycles. The van der Waals surface area contributed by atoms with Gasteiger partial charge in [-0.25, -0.2) is 0 Å². The third-order valence-corrected chi connectivity index (χ3v) is 4.74. The standard InChI is InChI=1S/C17H19F3N2O2/c1-11-6-5-7-12(10-11)15(23)22-16(24,17(18,19)20)13-8-3-2-4-9-14(13)21-22/h5-7,10,13,24H,2-4,8-9H2,1H3/t13-,16-/m0/s1. The van der Waals surface area contributed by atoms with Crippen molar-refractivity contribution in [3.63, 3.8) is 0 Å². The Morgan fingerprint density at radius 3 is 2.75 bits per heavy atom. The Balaban J connectivity index is 2.05. The maximum absolute atomic E-state index is 13.7. The summed E-state index contributed by atoms with van der Waals surface area (Å²) in [5.41, 5.74) is -2.17. The number of amides is 1. The van der Waals surface area contributed by atoms with Crippen LogP contribution in [0.3, 0.4) is 0 Å². The first-order valence-electron chi connectivity index (χ1n) is 8.03. The number of aryl methyl sites for hydroxylation is 1. The summed E-state index contributed by atoms with van der Waals surface area (Å²) >= 11 is 0. The number of halogens is 3. The third kappa shape index (κ3) is 2.60. The summed E-state index contributed by atoms with van der Waals surface area (Å²) in [6, 6.07) is 6.26. The average Bonchev–Trinajstić information content (AvgIpc) is 2.68. The number of benzene rings is 1. The summed E-state index contributed by atoms with van der Waals surface area (Å²) in [4.78, 5) is 12.6. The van der Waals surface area contributed by atoms with Crippen molar-refractivity contribution in [3.05, 3.63) is 35.4 Å². The van der Waals surface area contributed by atoms with E-state index in [2.05, 4.69) is 5.10 Å². The molecule has 0 spiro atoms. The van der Waals surface area contributed by atoms with E-state index in [1.165, 1.54) is 12.1 Å². The summed E-state index contributed by atoms with van der Waals surface area (Å²) in [5, 5.41) is 14.8. The number of nitrogens with zero attached hydrogens (tertiary/aromatic N) is 2. The van der Waals surface area contributed by atoms with Crippen LogP contribution in [0.5, 0.6) is 0 Å². The zero-order valence-electron chi connectivity index (χ0n) is 13.3. The highest BCUT2D eigenvalue weighted by molar-refractivity contribution is 5.99. The fourth-order valence-corrected chi connectivity index (χ4v) is 3.50. The summed E-state index contributed by atoms with van der Waals surface area (Å²) < 4.78 is 41.2. The molecule has 1 fully saturated rings. The number of hydrogen-bond acceptors (Lipinski definition) is 3. The molecule has 3 rings (SSSR count). The van der Waals surface area contributed by atoms with Crippen molar-refractivity contribution < 1.29 is 23.1 Å². The molecule has 2 atom stereocenters. The van der Waals surface area contributed by atoms with E-state index in [-0.39, 0.29) is 22.7 Å². The monoisotopic (exact) mass is 340 g/mol. The van der Waals surface area contributed by atoms with Gasteiger partial charge in [-0.3, -0.25) is 4.79 Å². The van der Waals surface area contributed by atoms with E-state index in [0.717, 1.165) is 18.4 Å². The quantitative estimate of drug-likeness (QED) is 0.849. The molecule has 0 bridgehead atoms. The van der Waals surface area contributed by atoms with Gasteiger partial charge in [-0.05, 0) is 38.3 Å². The van der Waals surface area contributed by atoms with Gasteiger partial charge < -0.3 is 5.11 Å². The van der Waals surface area contributed by atoms with Gasteiger partial charge in [0, 0.05) is 11.3 Å². The van der Waals surface area contributed by atoms with E-state index >= 15 is 0 Å². The second kappa shape index (κ2) is 5.88. The van der Waals surface area contributed by atoms with Crippen LogP contribution in [0, 0.1) is 12.8 Å². The predicted molar refractivity (Wildman–Crippen MR) is 82.4 cm³/mol. The number of hydrazone groups is 1. The summed E-state index contributed by atoms with van der Waals surface area (Å²) in [7, 11) is 0. The van der Waals surface area contributed by atoms with Crippen LogP contribution in [0.15, 0.2) is 29.4 Å². The molecule has 1 amide bonds. The molecule has 0 saturated heterocycles. The molecule has 1 aromatic rings. The van der Waals surface area contributed by atoms with Gasteiger partial charge in [-0.2, -0.15) is 23.3 Å². The van der Waals surface area contributed by atoms with Crippen molar-refractivity contribution in [3.8, 4) is 0 Å². The Labute approximate surface area is 138 Å². The van der Waals surface area contributed by atoms with Crippen molar-refractivity contribution in [2.24, 2.45) is 11.0 Å². The van der Waals surface area contributed by atoms with E-state index in [9.17, 15) is 23.1 Å². The molecule has 1 aliphatic heterocycles. The van der Waals surface area contributed by atoms with Crippen LogP contribution in [-0.4, -0.2) is 33.6 Å². The minimum atomic E-state index is -4.98. The van der Waals surface area contributed by atoms with Gasteiger partial charge in [-0.15, -0.1) is 0 Å². The first-order chi connectivity index (χ1) is 11.2. The van der Waals surface area contributed by atoms with E-state index in [1.807, 2.05) is 0 Å². The highest BCUT2D eigenvalue weighted by atomic mass is 19.4. The molecule has 1 saturated carbocycles. The first kappa shape index (κ1) is 17.0. The lowest BCUT2D eigenvalue weighted by Crippen LogP contribution is -2.61. The highest BCUT2D eigenvalue weighted by Gasteiger charge is 2.68. The van der Waals surface area contributed by atoms with Crippen LogP contribution in [0.1, 0.15) is 48.0 Å². The normalized spacial score (nSPS) is 27.5. The highest BCUT2D eigenvalue weighted by Crippen LogP contribution is 2.48. The average molecular weight is 340 g/mol. The number of rotatable bonds is 1. The van der Waals surface area contributed by atoms with Crippen molar-refractivity contribution >= 4 is 11.6 Å². The van der Waals surface area contributed by atoms with Gasteiger partial charge in [0.1, 0.15) is 0 Å². The van der Waals surface area contributed by atoms with Crippen LogP contribution in [-0.2, 0) is 0 Å². The van der Waals surface area contributed by atoms with Crippen LogP contribution in [0.25, 0.3) is 0 Å². The van der Waals surface area contributed by atoms with Crippen molar-refractivity contribution in [1.82, 2.24) is 5.01 Å². The van der Waals surface area contributed by atoms with Crippen LogP contribution >= 0.6 is 0 Å². The SMILES string of the molecule is Cc1cccc(C(=O)N2N=C3CCCCC[C@@H]3[C@]2(O)C(F)(F)F)c1. The number of aliphatic hydroxyl groups is 1. The zero-order valence-corrected chi connectivity index (χ0v) is 13.3. The van der Waals surface area contributed by atoms with E-state index < -0.39 is 23.7 Å². The number of carbonyl (C=O) groups is 1. The summed E-state index contributed by atoms with van der Waals surface area (Å²) in [5.74, 6) is -2.12. The zero-order chi connectivity index (χ0) is 17.5. The van der Waals surface area contributed by atoms with Gasteiger partial charge in [0.2, 0.25) is 0 Å². The van der Waals surface area contributed by atoms with Crippen molar-refractivity contribution in [1.29, 1.82) is 0 Å². The Morgan fingerprint density at radius 1 is 1.33 bits per heavy atom. The van der Waals surface area contributed by atoms with Crippen LogP contribution in [0.4, 0.5) is 13.2 Å². The minimum Gasteiger partial charge on any atom is -0.362 e. The molecule has 0 unspecified atom stereocenters. The second-order valence-corrected chi connectivity index (χ2v) is 6.45. The molecule has 1 aromatic carbocycles. The third-order valence-electron chi connectivity index (χ3n) is 4.74. The lowest BCUT2D eigenvalue weighted by Gasteiger charge is -2.37. The molecule has 4 nitrogen and oxygen atoms in total.